The number of rotatable bonds is 4. The fourth-order valence-corrected chi connectivity index (χ4v) is 8.52. The molecule has 0 N–H and O–H groups in total. The number of fused-ring (bicyclic) bond motifs is 9. The maximum absolute atomic E-state index is 2.48. The Morgan fingerprint density at radius 3 is 1.43 bits per heavy atom. The van der Waals surface area contributed by atoms with Crippen molar-refractivity contribution in [3.05, 3.63) is 188 Å². The fourth-order valence-electron chi connectivity index (χ4n) is 8.52. The molecule has 0 unspecified atom stereocenters. The third-order valence-corrected chi connectivity index (χ3v) is 10.6. The lowest BCUT2D eigenvalue weighted by molar-refractivity contribution is 1.13. The third-order valence-electron chi connectivity index (χ3n) is 10.6. The van der Waals surface area contributed by atoms with Gasteiger partial charge in [-0.3, -0.25) is 0 Å². The van der Waals surface area contributed by atoms with Gasteiger partial charge >= 0.3 is 0 Å². The van der Waals surface area contributed by atoms with E-state index in [1.807, 2.05) is 0 Å². The first-order valence-corrected chi connectivity index (χ1v) is 17.5. The Kier molecular flexibility index (Phi) is 5.96. The minimum atomic E-state index is 1.15. The van der Waals surface area contributed by atoms with Gasteiger partial charge in [0.15, 0.2) is 0 Å². The van der Waals surface area contributed by atoms with Crippen LogP contribution in [0.2, 0.25) is 0 Å². The Morgan fingerprint density at radius 2 is 0.745 bits per heavy atom. The third kappa shape index (κ3) is 4.00. The number of benzene rings is 8. The van der Waals surface area contributed by atoms with Crippen LogP contribution in [0.4, 0.5) is 0 Å². The Labute approximate surface area is 294 Å². The number of aromatic nitrogens is 3. The molecular weight excluding hydrogens is 619 g/mol. The molecule has 0 radical (unpaired) electrons. The lowest BCUT2D eigenvalue weighted by atomic mass is 10.0. The van der Waals surface area contributed by atoms with Crippen LogP contribution in [0.1, 0.15) is 0 Å². The monoisotopic (exact) mass is 649 g/mol. The summed E-state index contributed by atoms with van der Waals surface area (Å²) in [6.45, 7) is 0. The molecule has 51 heavy (non-hydrogen) atoms. The van der Waals surface area contributed by atoms with Crippen molar-refractivity contribution in [2.45, 2.75) is 0 Å². The largest absolute Gasteiger partial charge is 0.309 e. The van der Waals surface area contributed by atoms with Crippen LogP contribution in [0.25, 0.3) is 93.6 Å². The Hall–Kier alpha value is -6.84. The lowest BCUT2D eigenvalue weighted by Crippen LogP contribution is -2.02. The Bertz CT molecular complexity index is 3080. The molecule has 0 amide bonds. The first-order valence-electron chi connectivity index (χ1n) is 17.5. The second kappa shape index (κ2) is 10.8. The summed E-state index contributed by atoms with van der Waals surface area (Å²) in [7, 11) is 0. The Morgan fingerprint density at radius 1 is 0.275 bits per heavy atom. The first kappa shape index (κ1) is 28.0. The molecule has 11 rings (SSSR count). The highest BCUT2D eigenvalue weighted by Crippen LogP contribution is 2.42. The fraction of sp³-hybridized carbons (Fsp3) is 0. The number of nitrogens with zero attached hydrogens (tertiary/aromatic N) is 3. The summed E-state index contributed by atoms with van der Waals surface area (Å²) in [5.74, 6) is 0. The molecule has 0 spiro atoms. The van der Waals surface area contributed by atoms with Crippen molar-refractivity contribution in [2.75, 3.05) is 0 Å². The molecule has 3 heterocycles. The highest BCUT2D eigenvalue weighted by Gasteiger charge is 2.22. The summed E-state index contributed by atoms with van der Waals surface area (Å²) >= 11 is 0. The minimum absolute atomic E-state index is 1.15. The lowest BCUT2D eigenvalue weighted by Gasteiger charge is -2.17. The van der Waals surface area contributed by atoms with E-state index in [0.717, 1.165) is 17.1 Å². The molecule has 0 fully saturated rings. The SMILES string of the molecule is c1ccc(-c2ccccc2-n2c3ccccc3c3cccc(-n4c5ccccc5c5cc(-n6c7ccccc7c7ccccc76)ccc54)c32)cc1. The van der Waals surface area contributed by atoms with Gasteiger partial charge in [0.05, 0.1) is 44.5 Å². The minimum Gasteiger partial charge on any atom is -0.309 e. The van der Waals surface area contributed by atoms with Crippen LogP contribution in [0.3, 0.4) is 0 Å². The molecular formula is C48H31N3. The standard InChI is InChI=1S/C48H31N3/c1-2-15-32(16-3-1)34-17-4-9-23-41(34)51-45-27-13-7-20-37(45)39-22-14-28-47(48(39)51)50-44-26-12-8-21-38(44)40-31-33(29-30-46(40)50)49-42-24-10-5-18-35(42)36-19-6-11-25-43(36)49/h1-31H. The number of para-hydroxylation sites is 6. The summed E-state index contributed by atoms with van der Waals surface area (Å²) in [6.07, 6.45) is 0. The summed E-state index contributed by atoms with van der Waals surface area (Å²) < 4.78 is 7.37. The molecule has 0 aliphatic heterocycles. The zero-order valence-electron chi connectivity index (χ0n) is 27.7. The molecule has 238 valence electrons. The van der Waals surface area contributed by atoms with Crippen LogP contribution < -0.4 is 0 Å². The van der Waals surface area contributed by atoms with Gasteiger partial charge in [0.2, 0.25) is 0 Å². The maximum atomic E-state index is 2.48. The van der Waals surface area contributed by atoms with Crippen molar-refractivity contribution in [1.82, 2.24) is 13.7 Å². The summed E-state index contributed by atoms with van der Waals surface area (Å²) in [6, 6.07) is 68.4. The van der Waals surface area contributed by atoms with E-state index in [1.165, 1.54) is 76.5 Å². The Balaban J connectivity index is 1.24. The molecule has 0 aliphatic rings. The smallest absolute Gasteiger partial charge is 0.0782 e. The van der Waals surface area contributed by atoms with Gasteiger partial charge in [-0.2, -0.15) is 0 Å². The highest BCUT2D eigenvalue weighted by molar-refractivity contribution is 6.16. The predicted molar refractivity (Wildman–Crippen MR) is 215 cm³/mol. The second-order valence-electron chi connectivity index (χ2n) is 13.3. The first-order chi connectivity index (χ1) is 25.3. The van der Waals surface area contributed by atoms with E-state index in [1.54, 1.807) is 0 Å². The molecule has 3 nitrogen and oxygen atoms in total. The maximum Gasteiger partial charge on any atom is 0.0782 e. The van der Waals surface area contributed by atoms with Crippen LogP contribution in [0, 0.1) is 0 Å². The quantitative estimate of drug-likeness (QED) is 0.180. The van der Waals surface area contributed by atoms with E-state index >= 15 is 0 Å². The van der Waals surface area contributed by atoms with Crippen molar-refractivity contribution in [2.24, 2.45) is 0 Å². The molecule has 11 aromatic rings. The van der Waals surface area contributed by atoms with E-state index in [2.05, 4.69) is 202 Å². The van der Waals surface area contributed by atoms with Gasteiger partial charge in [-0.25, -0.2) is 0 Å². The number of hydrogen-bond donors (Lipinski definition) is 0. The van der Waals surface area contributed by atoms with Crippen molar-refractivity contribution in [1.29, 1.82) is 0 Å². The van der Waals surface area contributed by atoms with E-state index in [4.69, 9.17) is 0 Å². The van der Waals surface area contributed by atoms with E-state index < -0.39 is 0 Å². The van der Waals surface area contributed by atoms with Crippen LogP contribution >= 0.6 is 0 Å². The molecule has 3 heteroatoms. The molecule has 8 aromatic carbocycles. The summed E-state index contributed by atoms with van der Waals surface area (Å²) in [5.41, 5.74) is 13.1. The predicted octanol–water partition coefficient (Wildman–Crippen LogP) is 12.6. The van der Waals surface area contributed by atoms with Gasteiger partial charge in [0.1, 0.15) is 0 Å². The van der Waals surface area contributed by atoms with Crippen LogP contribution in [0.5, 0.6) is 0 Å². The number of hydrogen-bond acceptors (Lipinski definition) is 0. The van der Waals surface area contributed by atoms with Gasteiger partial charge in [0.25, 0.3) is 0 Å². The highest BCUT2D eigenvalue weighted by atomic mass is 15.1. The summed E-state index contributed by atoms with van der Waals surface area (Å²) in [5, 5.41) is 7.48. The molecule has 0 saturated carbocycles. The zero-order chi connectivity index (χ0) is 33.5. The van der Waals surface area contributed by atoms with E-state index in [0.29, 0.717) is 0 Å². The molecule has 0 atom stereocenters. The zero-order valence-corrected chi connectivity index (χ0v) is 27.7. The van der Waals surface area contributed by atoms with Crippen LogP contribution in [0.15, 0.2) is 188 Å². The van der Waals surface area contributed by atoms with Gasteiger partial charge in [-0.1, -0.05) is 133 Å². The normalized spacial score (nSPS) is 11.9. The summed E-state index contributed by atoms with van der Waals surface area (Å²) in [4.78, 5) is 0. The average molecular weight is 650 g/mol. The molecule has 3 aromatic heterocycles. The van der Waals surface area contributed by atoms with E-state index in [-0.39, 0.29) is 0 Å². The topological polar surface area (TPSA) is 14.8 Å². The van der Waals surface area contributed by atoms with Crippen molar-refractivity contribution < 1.29 is 0 Å². The second-order valence-corrected chi connectivity index (χ2v) is 13.3. The van der Waals surface area contributed by atoms with Crippen LogP contribution in [-0.2, 0) is 0 Å². The van der Waals surface area contributed by atoms with Gasteiger partial charge in [0, 0.05) is 43.6 Å². The van der Waals surface area contributed by atoms with Crippen molar-refractivity contribution in [3.8, 4) is 28.2 Å². The van der Waals surface area contributed by atoms with Gasteiger partial charge in [-0.05, 0) is 60.2 Å². The molecule has 0 saturated heterocycles. The van der Waals surface area contributed by atoms with Gasteiger partial charge < -0.3 is 13.7 Å². The van der Waals surface area contributed by atoms with Crippen molar-refractivity contribution >= 4 is 65.4 Å². The van der Waals surface area contributed by atoms with Crippen LogP contribution in [-0.4, -0.2) is 13.7 Å². The molecule has 0 bridgehead atoms. The van der Waals surface area contributed by atoms with Crippen molar-refractivity contribution in [3.63, 3.8) is 0 Å². The average Bonchev–Trinajstić information content (AvgIpc) is 3.84. The van der Waals surface area contributed by atoms with E-state index in [9.17, 15) is 0 Å². The molecule has 0 aliphatic carbocycles. The van der Waals surface area contributed by atoms with Gasteiger partial charge in [-0.15, -0.1) is 0 Å².